The number of nitrogens with one attached hydrogen (secondary N) is 1. The number of nitrogens with two attached hydrogens (primary N) is 4. The number of methoxy groups -OCH3 is 2. The number of rotatable bonds is 11. The van der Waals surface area contributed by atoms with Crippen LogP contribution in [0.25, 0.3) is 0 Å². The summed E-state index contributed by atoms with van der Waals surface area (Å²) in [7, 11) is 4.40. The summed E-state index contributed by atoms with van der Waals surface area (Å²) >= 11 is 0. The van der Waals surface area contributed by atoms with Gasteiger partial charge in [-0.3, -0.25) is 19.9 Å². The number of nitrogens with zero attached hydrogens (tertiary/aromatic N) is 3. The van der Waals surface area contributed by atoms with Gasteiger partial charge in [0.1, 0.15) is 5.82 Å². The molecule has 1 amide bonds. The summed E-state index contributed by atoms with van der Waals surface area (Å²) in [6.45, 7) is 14.0. The lowest BCUT2D eigenvalue weighted by Crippen LogP contribution is -2.38. The number of hydrogen-bond acceptors (Lipinski definition) is 10. The average molecular weight is 527 g/mol. The van der Waals surface area contributed by atoms with E-state index in [1.165, 1.54) is 14.2 Å². The fraction of sp³-hybridized carbons (Fsp3) is 0.720. The summed E-state index contributed by atoms with van der Waals surface area (Å²) in [5.74, 6) is -0.577. The lowest BCUT2D eigenvalue weighted by Gasteiger charge is -2.34. The highest BCUT2D eigenvalue weighted by Gasteiger charge is 2.27. The zero-order chi connectivity index (χ0) is 29.2. The molecule has 9 N–H and O–H groups in total. The maximum atomic E-state index is 12.2. The summed E-state index contributed by atoms with van der Waals surface area (Å²) in [5.41, 5.74) is 22.6. The highest BCUT2D eigenvalue weighted by atomic mass is 16.5. The molecule has 214 valence electrons. The number of carbonyl (C=O) groups excluding carboxylic acids is 2. The quantitative estimate of drug-likeness (QED) is 0.123. The number of amides is 1. The first-order valence-electron chi connectivity index (χ1n) is 12.3. The Hall–Kier alpha value is -2.99. The predicted molar refractivity (Wildman–Crippen MR) is 150 cm³/mol. The maximum absolute atomic E-state index is 12.2. The van der Waals surface area contributed by atoms with E-state index in [4.69, 9.17) is 17.2 Å². The van der Waals surface area contributed by atoms with Crippen LogP contribution in [0.15, 0.2) is 4.99 Å². The van der Waals surface area contributed by atoms with E-state index in [1.807, 2.05) is 0 Å². The van der Waals surface area contributed by atoms with Crippen LogP contribution in [0.3, 0.4) is 0 Å². The standard InChI is InChI=1S/C19H35N7O.C5H10O3.CH5N/c1-7-18(3,4)11-19(5,6)9-8-10-23-17(22)26-16(27)13-15(21)25-14(20)12(2)24-13;1-7-4-3-5(6)8-2;1-2/h7-11H2,1-6H3,(H4,20,21,25)(H3,22,23,26,27);3-4H2,1-2H3;2H2,1H3. The zero-order valence-electron chi connectivity index (χ0n) is 24.2. The van der Waals surface area contributed by atoms with E-state index >= 15 is 0 Å². The lowest BCUT2D eigenvalue weighted by molar-refractivity contribution is -0.141. The third-order valence-corrected chi connectivity index (χ3v) is 5.54. The van der Waals surface area contributed by atoms with E-state index < -0.39 is 5.91 Å². The van der Waals surface area contributed by atoms with Crippen LogP contribution in [-0.2, 0) is 14.3 Å². The molecule has 12 nitrogen and oxygen atoms in total. The molecule has 0 bridgehead atoms. The molecule has 0 saturated carbocycles. The van der Waals surface area contributed by atoms with Gasteiger partial charge < -0.3 is 32.4 Å². The Morgan fingerprint density at radius 3 is 2.14 bits per heavy atom. The van der Waals surface area contributed by atoms with Crippen molar-refractivity contribution in [1.82, 2.24) is 15.3 Å². The predicted octanol–water partition coefficient (Wildman–Crippen LogP) is 2.40. The molecule has 0 atom stereocenters. The summed E-state index contributed by atoms with van der Waals surface area (Å²) in [5, 5.41) is 2.49. The molecular weight excluding hydrogens is 476 g/mol. The molecule has 0 unspecified atom stereocenters. The number of esters is 1. The van der Waals surface area contributed by atoms with Crippen LogP contribution in [0.4, 0.5) is 11.6 Å². The van der Waals surface area contributed by atoms with E-state index in [0.29, 0.717) is 30.7 Å². The molecule has 1 rings (SSSR count). The molecule has 1 aromatic heterocycles. The van der Waals surface area contributed by atoms with Gasteiger partial charge in [-0.1, -0.05) is 41.0 Å². The van der Waals surface area contributed by atoms with Crippen molar-refractivity contribution in [3.05, 3.63) is 11.4 Å². The Kier molecular flexibility index (Phi) is 17.9. The Morgan fingerprint density at radius 2 is 1.62 bits per heavy atom. The molecule has 12 heteroatoms. The van der Waals surface area contributed by atoms with Crippen LogP contribution in [0.2, 0.25) is 0 Å². The Labute approximate surface area is 222 Å². The van der Waals surface area contributed by atoms with Crippen molar-refractivity contribution in [3.63, 3.8) is 0 Å². The van der Waals surface area contributed by atoms with Crippen LogP contribution in [0, 0.1) is 17.8 Å². The van der Waals surface area contributed by atoms with E-state index in [1.54, 1.807) is 14.0 Å². The van der Waals surface area contributed by atoms with Gasteiger partial charge in [-0.15, -0.1) is 0 Å². The number of ether oxygens (including phenoxy) is 2. The zero-order valence-corrected chi connectivity index (χ0v) is 24.2. The second kappa shape index (κ2) is 18.3. The summed E-state index contributed by atoms with van der Waals surface area (Å²) < 4.78 is 8.95. The largest absolute Gasteiger partial charge is 0.469 e. The molecule has 0 aliphatic carbocycles. The number of aliphatic imine (C=N–C) groups is 1. The van der Waals surface area contributed by atoms with Gasteiger partial charge in [-0.25, -0.2) is 9.97 Å². The van der Waals surface area contributed by atoms with Crippen LogP contribution in [0.5, 0.6) is 0 Å². The SMILES string of the molecule is CCC(C)(C)CC(C)(C)CCCN=C(N)NC(=O)c1nc(C)c(N)nc1N.CN.COCCC(=O)OC. The molecule has 0 aromatic carbocycles. The minimum Gasteiger partial charge on any atom is -0.469 e. The Balaban J connectivity index is 0. The first-order valence-corrected chi connectivity index (χ1v) is 12.3. The molecule has 0 fully saturated rings. The molecule has 1 aromatic rings. The number of carbonyl (C=O) groups is 2. The van der Waals surface area contributed by atoms with Crippen molar-refractivity contribution in [1.29, 1.82) is 0 Å². The van der Waals surface area contributed by atoms with Crippen molar-refractivity contribution >= 4 is 29.5 Å². The first-order chi connectivity index (χ1) is 17.2. The monoisotopic (exact) mass is 526 g/mol. The smallest absolute Gasteiger partial charge is 0.307 e. The fourth-order valence-electron chi connectivity index (χ4n) is 3.48. The summed E-state index contributed by atoms with van der Waals surface area (Å²) in [6.07, 6.45) is 4.58. The third-order valence-electron chi connectivity index (χ3n) is 5.54. The number of guanidine groups is 1. The second-order valence-electron chi connectivity index (χ2n) is 9.93. The van der Waals surface area contributed by atoms with Crippen LogP contribution < -0.4 is 28.3 Å². The van der Waals surface area contributed by atoms with Crippen LogP contribution >= 0.6 is 0 Å². The molecule has 1 heterocycles. The van der Waals surface area contributed by atoms with Crippen LogP contribution in [0.1, 0.15) is 82.9 Å². The molecule has 0 aliphatic heterocycles. The molecule has 0 saturated heterocycles. The molecule has 0 radical (unpaired) electrons. The van der Waals surface area contributed by atoms with E-state index in [-0.39, 0.29) is 34.7 Å². The molecular formula is C25H50N8O4. The van der Waals surface area contributed by atoms with Crippen molar-refractivity contribution < 1.29 is 19.1 Å². The second-order valence-corrected chi connectivity index (χ2v) is 9.93. The van der Waals surface area contributed by atoms with E-state index in [9.17, 15) is 9.59 Å². The highest BCUT2D eigenvalue weighted by Crippen LogP contribution is 2.38. The molecule has 37 heavy (non-hydrogen) atoms. The van der Waals surface area contributed by atoms with E-state index in [2.05, 4.69) is 70.1 Å². The van der Waals surface area contributed by atoms with Crippen molar-refractivity contribution in [2.45, 2.75) is 73.6 Å². The molecule has 0 aliphatic rings. The van der Waals surface area contributed by atoms with Gasteiger partial charge in [0.05, 0.1) is 25.8 Å². The maximum Gasteiger partial charge on any atom is 0.307 e. The normalized spacial score (nSPS) is 11.5. The number of aryl methyl sites for hydroxylation is 1. The minimum atomic E-state index is -0.547. The lowest BCUT2D eigenvalue weighted by atomic mass is 9.72. The minimum absolute atomic E-state index is 0.0113. The topological polar surface area (TPSA) is 207 Å². The first kappa shape index (κ1) is 36.2. The van der Waals surface area contributed by atoms with Crippen molar-refractivity contribution in [3.8, 4) is 0 Å². The molecule has 0 spiro atoms. The van der Waals surface area contributed by atoms with Gasteiger partial charge in [0.25, 0.3) is 5.91 Å². The Morgan fingerprint density at radius 1 is 1.03 bits per heavy atom. The number of hydrogen-bond donors (Lipinski definition) is 5. The van der Waals surface area contributed by atoms with Gasteiger partial charge in [0.2, 0.25) is 0 Å². The fourth-order valence-corrected chi connectivity index (χ4v) is 3.48. The third kappa shape index (κ3) is 16.4. The van der Waals surface area contributed by atoms with E-state index in [0.717, 1.165) is 25.7 Å². The van der Waals surface area contributed by atoms with Crippen molar-refractivity contribution in [2.75, 3.05) is 45.9 Å². The van der Waals surface area contributed by atoms with Gasteiger partial charge in [0, 0.05) is 13.7 Å². The van der Waals surface area contributed by atoms with Gasteiger partial charge in [-0.2, -0.15) is 0 Å². The number of aromatic nitrogens is 2. The average Bonchev–Trinajstić information content (AvgIpc) is 2.83. The van der Waals surface area contributed by atoms with Crippen LogP contribution in [-0.4, -0.2) is 62.2 Å². The number of nitrogen functional groups attached to an aromatic ring is 2. The summed E-state index contributed by atoms with van der Waals surface area (Å²) in [4.78, 5) is 34.7. The highest BCUT2D eigenvalue weighted by molar-refractivity contribution is 6.06. The van der Waals surface area contributed by atoms with Gasteiger partial charge >= 0.3 is 5.97 Å². The van der Waals surface area contributed by atoms with Gasteiger partial charge in [0.15, 0.2) is 17.5 Å². The number of anilines is 2. The summed E-state index contributed by atoms with van der Waals surface area (Å²) in [6, 6.07) is 0. The van der Waals surface area contributed by atoms with Crippen molar-refractivity contribution in [2.24, 2.45) is 27.3 Å². The Bertz CT molecular complexity index is 857. The van der Waals surface area contributed by atoms with Gasteiger partial charge in [-0.05, 0) is 44.1 Å².